The summed E-state index contributed by atoms with van der Waals surface area (Å²) in [7, 11) is 0. The summed E-state index contributed by atoms with van der Waals surface area (Å²) >= 11 is 0. The van der Waals surface area contributed by atoms with Crippen LogP contribution in [0.5, 0.6) is 5.88 Å². The molecule has 3 heterocycles. The van der Waals surface area contributed by atoms with E-state index in [1.54, 1.807) is 0 Å². The lowest BCUT2D eigenvalue weighted by atomic mass is 9.95. The van der Waals surface area contributed by atoms with Crippen molar-refractivity contribution in [1.82, 2.24) is 19.3 Å². The summed E-state index contributed by atoms with van der Waals surface area (Å²) < 4.78 is 14.8. The van der Waals surface area contributed by atoms with Gasteiger partial charge in [0.15, 0.2) is 11.3 Å². The van der Waals surface area contributed by atoms with E-state index in [9.17, 15) is 14.3 Å². The van der Waals surface area contributed by atoms with Crippen LogP contribution in [0.15, 0.2) is 60.4 Å². The molecule has 0 atom stereocenters. The van der Waals surface area contributed by atoms with Gasteiger partial charge in [-0.1, -0.05) is 48.0 Å². The number of carbonyl (C=O) groups is 1. The first-order valence-electron chi connectivity index (χ1n) is 12.5. The Morgan fingerprint density at radius 1 is 1.13 bits per heavy atom. The van der Waals surface area contributed by atoms with Crippen molar-refractivity contribution < 1.29 is 14.3 Å². The SMILES string of the molecule is Cc1nc2c(C(N)=O)ncn2c(O)c1CCCN1CCC(=Cc2ccccc2-c2ccc(F)cc2)CC1.Cl. The van der Waals surface area contributed by atoms with E-state index in [1.165, 1.54) is 28.4 Å². The van der Waals surface area contributed by atoms with Crippen molar-refractivity contribution in [3.05, 3.63) is 88.8 Å². The average molecular weight is 536 g/mol. The Morgan fingerprint density at radius 2 is 1.84 bits per heavy atom. The van der Waals surface area contributed by atoms with Gasteiger partial charge in [-0.15, -0.1) is 12.4 Å². The summed E-state index contributed by atoms with van der Waals surface area (Å²) in [6, 6.07) is 14.9. The van der Waals surface area contributed by atoms with Crippen LogP contribution in [0.25, 0.3) is 22.9 Å². The Morgan fingerprint density at radius 3 is 2.55 bits per heavy atom. The molecule has 38 heavy (non-hydrogen) atoms. The number of hydrogen-bond donors (Lipinski definition) is 2. The zero-order chi connectivity index (χ0) is 25.9. The third kappa shape index (κ3) is 5.71. The molecule has 4 aromatic rings. The quantitative estimate of drug-likeness (QED) is 0.340. The van der Waals surface area contributed by atoms with Crippen molar-refractivity contribution in [3.8, 4) is 17.0 Å². The van der Waals surface area contributed by atoms with E-state index < -0.39 is 5.91 Å². The molecule has 1 amide bonds. The molecule has 3 N–H and O–H groups in total. The minimum Gasteiger partial charge on any atom is -0.494 e. The van der Waals surface area contributed by atoms with Gasteiger partial charge in [0, 0.05) is 24.3 Å². The molecule has 9 heteroatoms. The first-order valence-corrected chi connectivity index (χ1v) is 12.5. The topological polar surface area (TPSA) is 96.8 Å². The number of aromatic nitrogens is 3. The summed E-state index contributed by atoms with van der Waals surface area (Å²) in [5.41, 5.74) is 11.8. The summed E-state index contributed by atoms with van der Waals surface area (Å²) in [5.74, 6) is -0.835. The summed E-state index contributed by atoms with van der Waals surface area (Å²) in [4.78, 5) is 22.5. The molecule has 0 spiro atoms. The zero-order valence-electron chi connectivity index (χ0n) is 21.2. The first-order chi connectivity index (χ1) is 17.9. The number of imidazole rings is 1. The summed E-state index contributed by atoms with van der Waals surface area (Å²) in [6.45, 7) is 4.72. The molecule has 7 nitrogen and oxygen atoms in total. The Labute approximate surface area is 227 Å². The maximum atomic E-state index is 13.4. The number of primary amides is 1. The van der Waals surface area contributed by atoms with Crippen molar-refractivity contribution in [3.63, 3.8) is 0 Å². The van der Waals surface area contributed by atoms with Crippen molar-refractivity contribution in [1.29, 1.82) is 0 Å². The fourth-order valence-corrected chi connectivity index (χ4v) is 5.03. The van der Waals surface area contributed by atoms with Crippen LogP contribution in [0.1, 0.15) is 46.6 Å². The van der Waals surface area contributed by atoms with Crippen molar-refractivity contribution >= 4 is 30.0 Å². The molecule has 5 rings (SSSR count). The molecule has 0 unspecified atom stereocenters. The Balaban J connectivity index is 0.00000336. The number of likely N-dealkylation sites (tertiary alicyclic amines) is 1. The number of piperidine rings is 1. The normalized spacial score (nSPS) is 13.9. The number of aromatic hydroxyl groups is 1. The van der Waals surface area contributed by atoms with Gasteiger partial charge in [-0.2, -0.15) is 0 Å². The van der Waals surface area contributed by atoms with Gasteiger partial charge in [-0.25, -0.2) is 14.4 Å². The van der Waals surface area contributed by atoms with Gasteiger partial charge in [-0.05, 0) is 68.0 Å². The molecule has 1 aliphatic heterocycles. The maximum Gasteiger partial charge on any atom is 0.271 e. The van der Waals surface area contributed by atoms with Crippen LogP contribution in [-0.4, -0.2) is 49.9 Å². The molecule has 2 aromatic heterocycles. The van der Waals surface area contributed by atoms with Crippen LogP contribution in [0.2, 0.25) is 0 Å². The summed E-state index contributed by atoms with van der Waals surface area (Å²) in [5, 5.41) is 10.7. The third-order valence-electron chi connectivity index (χ3n) is 7.06. The minimum atomic E-state index is -0.668. The van der Waals surface area contributed by atoms with E-state index in [0.29, 0.717) is 12.1 Å². The number of amides is 1. The molecule has 198 valence electrons. The number of rotatable bonds is 7. The Kier molecular flexibility index (Phi) is 8.44. The van der Waals surface area contributed by atoms with Crippen molar-refractivity contribution in [2.24, 2.45) is 5.73 Å². The lowest BCUT2D eigenvalue weighted by Gasteiger charge is -2.28. The summed E-state index contributed by atoms with van der Waals surface area (Å²) in [6.07, 6.45) is 7.22. The average Bonchev–Trinajstić information content (AvgIpc) is 3.32. The molecule has 0 radical (unpaired) electrons. The molecule has 2 aromatic carbocycles. The number of nitrogens with zero attached hydrogens (tertiary/aromatic N) is 4. The van der Waals surface area contributed by atoms with Crippen molar-refractivity contribution in [2.45, 2.75) is 32.6 Å². The van der Waals surface area contributed by atoms with Gasteiger partial charge in [0.05, 0.1) is 0 Å². The molecule has 0 aliphatic carbocycles. The first kappa shape index (κ1) is 27.3. The van der Waals surface area contributed by atoms with E-state index >= 15 is 0 Å². The molecule has 0 bridgehead atoms. The third-order valence-corrected chi connectivity index (χ3v) is 7.06. The van der Waals surface area contributed by atoms with Crippen LogP contribution in [0.4, 0.5) is 4.39 Å². The van der Waals surface area contributed by atoms with E-state index in [2.05, 4.69) is 33.1 Å². The lowest BCUT2D eigenvalue weighted by molar-refractivity contribution is 0.0997. The number of nitrogens with two attached hydrogens (primary N) is 1. The van der Waals surface area contributed by atoms with Gasteiger partial charge in [0.2, 0.25) is 5.88 Å². The Hall–Kier alpha value is -3.75. The van der Waals surface area contributed by atoms with E-state index in [4.69, 9.17) is 5.73 Å². The van der Waals surface area contributed by atoms with Gasteiger partial charge in [0.25, 0.3) is 5.91 Å². The number of carbonyl (C=O) groups excluding carboxylic acids is 1. The molecule has 1 saturated heterocycles. The number of fused-ring (bicyclic) bond motifs is 1. The molecule has 1 fully saturated rings. The van der Waals surface area contributed by atoms with Crippen molar-refractivity contribution in [2.75, 3.05) is 19.6 Å². The second kappa shape index (κ2) is 11.8. The molecular formula is C29H31ClFN5O2. The molecule has 1 aliphatic rings. The van der Waals surface area contributed by atoms with E-state index in [0.717, 1.165) is 61.2 Å². The number of aryl methyl sites for hydroxylation is 1. The molecular weight excluding hydrogens is 505 g/mol. The predicted octanol–water partition coefficient (Wildman–Crippen LogP) is 5.18. The largest absolute Gasteiger partial charge is 0.494 e. The minimum absolute atomic E-state index is 0. The maximum absolute atomic E-state index is 13.4. The smallest absolute Gasteiger partial charge is 0.271 e. The Bertz CT molecular complexity index is 1470. The molecule has 0 saturated carbocycles. The van der Waals surface area contributed by atoms with Gasteiger partial charge < -0.3 is 15.7 Å². The number of benzene rings is 2. The highest BCUT2D eigenvalue weighted by molar-refractivity contribution is 5.96. The highest BCUT2D eigenvalue weighted by Crippen LogP contribution is 2.29. The zero-order valence-corrected chi connectivity index (χ0v) is 22.0. The number of hydrogen-bond acceptors (Lipinski definition) is 5. The standard InChI is InChI=1S/C29H30FN5O2.ClH/c1-19-24(29(37)35-18-32-26(27(31)36)28(35)33-19)7-4-14-34-15-12-20(13-16-34)17-22-5-2-3-6-25(22)21-8-10-23(30)11-9-21;/h2-3,5-6,8-11,17-18,37H,4,7,12-16H2,1H3,(H2,31,36);1H. The van der Waals surface area contributed by atoms with Gasteiger partial charge in [0.1, 0.15) is 12.1 Å². The number of halogens is 2. The predicted molar refractivity (Wildman–Crippen MR) is 149 cm³/mol. The lowest BCUT2D eigenvalue weighted by Crippen LogP contribution is -2.31. The van der Waals surface area contributed by atoms with Gasteiger partial charge >= 0.3 is 0 Å². The van der Waals surface area contributed by atoms with E-state index in [1.807, 2.05) is 31.2 Å². The fourth-order valence-electron chi connectivity index (χ4n) is 5.03. The second-order valence-electron chi connectivity index (χ2n) is 9.49. The van der Waals surface area contributed by atoms with E-state index in [-0.39, 0.29) is 35.4 Å². The van der Waals surface area contributed by atoms with Crippen LogP contribution < -0.4 is 5.73 Å². The van der Waals surface area contributed by atoms with Crippen LogP contribution in [0, 0.1) is 12.7 Å². The highest BCUT2D eigenvalue weighted by atomic mass is 35.5. The fraction of sp³-hybridized carbons (Fsp3) is 0.276. The van der Waals surface area contributed by atoms with Crippen LogP contribution >= 0.6 is 12.4 Å². The van der Waals surface area contributed by atoms with Crippen LogP contribution in [-0.2, 0) is 6.42 Å². The van der Waals surface area contributed by atoms with Crippen LogP contribution in [0.3, 0.4) is 0 Å². The monoisotopic (exact) mass is 535 g/mol. The second-order valence-corrected chi connectivity index (χ2v) is 9.49. The highest BCUT2D eigenvalue weighted by Gasteiger charge is 2.19. The van der Waals surface area contributed by atoms with Gasteiger partial charge in [-0.3, -0.25) is 9.20 Å².